The van der Waals surface area contributed by atoms with E-state index in [0.29, 0.717) is 46.7 Å². The Balaban J connectivity index is 1.39. The summed E-state index contributed by atoms with van der Waals surface area (Å²) in [5.41, 5.74) is 2.95. The number of para-hydroxylation sites is 1. The summed E-state index contributed by atoms with van der Waals surface area (Å²) in [6, 6.07) is 13.3. The molecule has 2 aromatic carbocycles. The van der Waals surface area contributed by atoms with Gasteiger partial charge in [-0.2, -0.15) is 0 Å². The quantitative estimate of drug-likeness (QED) is 0.496. The first-order valence-corrected chi connectivity index (χ1v) is 11.3. The number of halogens is 2. The van der Waals surface area contributed by atoms with Crippen LogP contribution in [0.1, 0.15) is 32.9 Å². The summed E-state index contributed by atoms with van der Waals surface area (Å²) in [5.74, 6) is 1.23. The SMILES string of the molecule is Cc1ccccc1OCc1c(C(=O)N2CCN(Cc3c(Cl)cccc3Cl)CC2)noc1C. The lowest BCUT2D eigenvalue weighted by molar-refractivity contribution is 0.0616. The number of piperazine rings is 1. The Bertz CT molecular complexity index is 1090. The Morgan fingerprint density at radius 3 is 2.38 bits per heavy atom. The maximum atomic E-state index is 13.2. The van der Waals surface area contributed by atoms with Gasteiger partial charge in [0.25, 0.3) is 5.91 Å². The highest BCUT2D eigenvalue weighted by molar-refractivity contribution is 6.35. The number of aromatic nitrogens is 1. The number of amides is 1. The van der Waals surface area contributed by atoms with Crippen LogP contribution in [0.5, 0.6) is 5.75 Å². The molecule has 8 heteroatoms. The topological polar surface area (TPSA) is 58.8 Å². The summed E-state index contributed by atoms with van der Waals surface area (Å²) in [4.78, 5) is 17.2. The van der Waals surface area contributed by atoms with Crippen LogP contribution in [-0.4, -0.2) is 47.0 Å². The van der Waals surface area contributed by atoms with E-state index in [1.807, 2.05) is 49.4 Å². The molecule has 32 heavy (non-hydrogen) atoms. The number of rotatable bonds is 6. The van der Waals surface area contributed by atoms with Crippen molar-refractivity contribution in [2.75, 3.05) is 26.2 Å². The molecule has 4 rings (SSSR count). The van der Waals surface area contributed by atoms with Gasteiger partial charge in [0.15, 0.2) is 5.69 Å². The molecule has 1 aromatic heterocycles. The second kappa shape index (κ2) is 9.94. The standard InChI is InChI=1S/C24H25Cl2N3O3/c1-16-6-3-4-9-22(16)31-15-19-17(2)32-27-23(19)24(30)29-12-10-28(11-13-29)14-18-20(25)7-5-8-21(18)26/h3-9H,10-15H2,1-2H3. The van der Waals surface area contributed by atoms with Crippen LogP contribution in [0, 0.1) is 13.8 Å². The lowest BCUT2D eigenvalue weighted by Gasteiger charge is -2.34. The molecular weight excluding hydrogens is 449 g/mol. The van der Waals surface area contributed by atoms with E-state index in [-0.39, 0.29) is 12.5 Å². The van der Waals surface area contributed by atoms with E-state index in [9.17, 15) is 4.79 Å². The fourth-order valence-electron chi connectivity index (χ4n) is 3.76. The number of ether oxygens (including phenoxy) is 1. The Kier molecular flexibility index (Phi) is 7.04. The summed E-state index contributed by atoms with van der Waals surface area (Å²) in [5, 5.41) is 5.36. The Labute approximate surface area is 197 Å². The van der Waals surface area contributed by atoms with Crippen LogP contribution in [0.15, 0.2) is 47.0 Å². The maximum Gasteiger partial charge on any atom is 0.276 e. The first-order chi connectivity index (χ1) is 15.4. The second-order valence-corrected chi connectivity index (χ2v) is 8.70. The molecule has 0 N–H and O–H groups in total. The molecular formula is C24H25Cl2N3O3. The third-order valence-corrected chi connectivity index (χ3v) is 6.46. The van der Waals surface area contributed by atoms with Crippen molar-refractivity contribution in [3.8, 4) is 5.75 Å². The van der Waals surface area contributed by atoms with Crippen molar-refractivity contribution in [2.45, 2.75) is 27.0 Å². The highest BCUT2D eigenvalue weighted by Crippen LogP contribution is 2.26. The van der Waals surface area contributed by atoms with Gasteiger partial charge in [-0.3, -0.25) is 9.69 Å². The lowest BCUT2D eigenvalue weighted by atomic mass is 10.1. The van der Waals surface area contributed by atoms with Crippen LogP contribution in [-0.2, 0) is 13.2 Å². The highest BCUT2D eigenvalue weighted by Gasteiger charge is 2.28. The molecule has 0 bridgehead atoms. The third kappa shape index (κ3) is 4.93. The molecule has 1 aliphatic heterocycles. The van der Waals surface area contributed by atoms with Crippen molar-refractivity contribution in [1.29, 1.82) is 0 Å². The molecule has 0 saturated carbocycles. The molecule has 0 atom stereocenters. The first kappa shape index (κ1) is 22.6. The molecule has 0 radical (unpaired) electrons. The van der Waals surface area contributed by atoms with Crippen LogP contribution in [0.25, 0.3) is 0 Å². The van der Waals surface area contributed by atoms with Crippen LogP contribution < -0.4 is 4.74 Å². The summed E-state index contributed by atoms with van der Waals surface area (Å²) >= 11 is 12.6. The second-order valence-electron chi connectivity index (χ2n) is 7.89. The number of hydrogen-bond donors (Lipinski definition) is 0. The average Bonchev–Trinajstić information content (AvgIpc) is 3.16. The Morgan fingerprint density at radius 2 is 1.69 bits per heavy atom. The van der Waals surface area contributed by atoms with Gasteiger partial charge in [-0.1, -0.05) is 52.6 Å². The first-order valence-electron chi connectivity index (χ1n) is 10.5. The van der Waals surface area contributed by atoms with E-state index in [1.165, 1.54) is 0 Å². The van der Waals surface area contributed by atoms with Crippen molar-refractivity contribution in [3.05, 3.63) is 80.7 Å². The largest absolute Gasteiger partial charge is 0.488 e. The summed E-state index contributed by atoms with van der Waals surface area (Å²) < 4.78 is 11.3. The molecule has 6 nitrogen and oxygen atoms in total. The van der Waals surface area contributed by atoms with Crippen molar-refractivity contribution in [1.82, 2.24) is 15.0 Å². The molecule has 1 saturated heterocycles. The summed E-state index contributed by atoms with van der Waals surface area (Å²) in [7, 11) is 0. The fraction of sp³-hybridized carbons (Fsp3) is 0.333. The van der Waals surface area contributed by atoms with Gasteiger partial charge in [0.05, 0.1) is 5.56 Å². The molecule has 1 aliphatic rings. The molecule has 0 aliphatic carbocycles. The van der Waals surface area contributed by atoms with E-state index < -0.39 is 0 Å². The van der Waals surface area contributed by atoms with Crippen LogP contribution in [0.2, 0.25) is 10.0 Å². The van der Waals surface area contributed by atoms with Gasteiger partial charge < -0.3 is 14.2 Å². The predicted molar refractivity (Wildman–Crippen MR) is 124 cm³/mol. The zero-order valence-corrected chi connectivity index (χ0v) is 19.6. The van der Waals surface area contributed by atoms with Crippen molar-refractivity contribution in [2.24, 2.45) is 0 Å². The Morgan fingerprint density at radius 1 is 1.00 bits per heavy atom. The predicted octanol–water partition coefficient (Wildman–Crippen LogP) is 5.14. The van der Waals surface area contributed by atoms with E-state index in [4.69, 9.17) is 32.5 Å². The molecule has 2 heterocycles. The number of carbonyl (C=O) groups excluding carboxylic acids is 1. The zero-order valence-electron chi connectivity index (χ0n) is 18.1. The van der Waals surface area contributed by atoms with Crippen molar-refractivity contribution < 1.29 is 14.1 Å². The monoisotopic (exact) mass is 473 g/mol. The minimum atomic E-state index is -0.138. The molecule has 1 fully saturated rings. The number of aryl methyl sites for hydroxylation is 2. The van der Waals surface area contributed by atoms with E-state index in [2.05, 4.69) is 10.1 Å². The van der Waals surface area contributed by atoms with Gasteiger partial charge in [-0.15, -0.1) is 0 Å². The van der Waals surface area contributed by atoms with Crippen LogP contribution >= 0.6 is 23.2 Å². The van der Waals surface area contributed by atoms with E-state index in [0.717, 1.165) is 30.0 Å². The maximum absolute atomic E-state index is 13.2. The molecule has 0 spiro atoms. The van der Waals surface area contributed by atoms with Gasteiger partial charge in [-0.05, 0) is 37.6 Å². The number of carbonyl (C=O) groups is 1. The van der Waals surface area contributed by atoms with E-state index >= 15 is 0 Å². The zero-order chi connectivity index (χ0) is 22.7. The third-order valence-electron chi connectivity index (χ3n) is 5.76. The fourth-order valence-corrected chi connectivity index (χ4v) is 4.28. The number of hydrogen-bond acceptors (Lipinski definition) is 5. The van der Waals surface area contributed by atoms with E-state index in [1.54, 1.807) is 11.8 Å². The van der Waals surface area contributed by atoms with Gasteiger partial charge >= 0.3 is 0 Å². The minimum Gasteiger partial charge on any atom is -0.488 e. The lowest BCUT2D eigenvalue weighted by Crippen LogP contribution is -2.48. The van der Waals surface area contributed by atoms with Crippen molar-refractivity contribution in [3.63, 3.8) is 0 Å². The normalized spacial score (nSPS) is 14.6. The smallest absolute Gasteiger partial charge is 0.276 e. The Hall–Kier alpha value is -2.54. The highest BCUT2D eigenvalue weighted by atomic mass is 35.5. The van der Waals surface area contributed by atoms with Gasteiger partial charge in [0.2, 0.25) is 0 Å². The summed E-state index contributed by atoms with van der Waals surface area (Å²) in [6.07, 6.45) is 0. The summed E-state index contributed by atoms with van der Waals surface area (Å²) in [6.45, 7) is 7.28. The van der Waals surface area contributed by atoms with Gasteiger partial charge in [0, 0.05) is 48.3 Å². The molecule has 168 valence electrons. The number of benzene rings is 2. The van der Waals surface area contributed by atoms with Crippen molar-refractivity contribution >= 4 is 29.1 Å². The van der Waals surface area contributed by atoms with Crippen LogP contribution in [0.3, 0.4) is 0 Å². The van der Waals surface area contributed by atoms with Gasteiger partial charge in [0.1, 0.15) is 18.1 Å². The number of nitrogens with zero attached hydrogens (tertiary/aromatic N) is 3. The molecule has 1 amide bonds. The van der Waals surface area contributed by atoms with Gasteiger partial charge in [-0.25, -0.2) is 0 Å². The van der Waals surface area contributed by atoms with Crippen LogP contribution in [0.4, 0.5) is 0 Å². The molecule has 0 unspecified atom stereocenters. The minimum absolute atomic E-state index is 0.138. The average molecular weight is 474 g/mol. The molecule has 3 aromatic rings.